The molecule has 0 bridgehead atoms. The summed E-state index contributed by atoms with van der Waals surface area (Å²) in [5, 5.41) is 4.51. The Labute approximate surface area is 145 Å². The van der Waals surface area contributed by atoms with Gasteiger partial charge in [0.15, 0.2) is 5.65 Å². The molecule has 0 amide bonds. The van der Waals surface area contributed by atoms with E-state index in [-0.39, 0.29) is 0 Å². The molecule has 4 rings (SSSR count). The topological polar surface area (TPSA) is 65.2 Å². The predicted molar refractivity (Wildman–Crippen MR) is 94.4 cm³/mol. The minimum absolute atomic E-state index is 0.635. The zero-order chi connectivity index (χ0) is 17.1. The van der Waals surface area contributed by atoms with Crippen molar-refractivity contribution in [3.8, 4) is 17.0 Å². The van der Waals surface area contributed by atoms with E-state index in [4.69, 9.17) is 4.74 Å². The molecular formula is C19H17N5O. The van der Waals surface area contributed by atoms with Crippen molar-refractivity contribution in [2.45, 2.75) is 13.3 Å². The standard InChI is InChI=1S/C19H17N5O/c1-2-25-17-6-5-16(22-13-17)10-15-12-23-24-18(7-9-21-19(15)24)14-4-3-8-20-11-14/h3-9,11-13H,2,10H2,1H3. The van der Waals surface area contributed by atoms with Gasteiger partial charge in [-0.1, -0.05) is 0 Å². The van der Waals surface area contributed by atoms with Crippen LogP contribution >= 0.6 is 0 Å². The Morgan fingerprint density at radius 2 is 1.96 bits per heavy atom. The Morgan fingerprint density at radius 3 is 2.72 bits per heavy atom. The minimum Gasteiger partial charge on any atom is -0.492 e. The summed E-state index contributed by atoms with van der Waals surface area (Å²) >= 11 is 0. The molecular weight excluding hydrogens is 314 g/mol. The van der Waals surface area contributed by atoms with Crippen molar-refractivity contribution in [3.63, 3.8) is 0 Å². The van der Waals surface area contributed by atoms with E-state index in [0.717, 1.165) is 33.9 Å². The second-order valence-corrected chi connectivity index (χ2v) is 5.57. The van der Waals surface area contributed by atoms with Crippen LogP contribution in [0.1, 0.15) is 18.2 Å². The first-order valence-electron chi connectivity index (χ1n) is 8.15. The van der Waals surface area contributed by atoms with Crippen LogP contribution in [0, 0.1) is 0 Å². The second-order valence-electron chi connectivity index (χ2n) is 5.57. The van der Waals surface area contributed by atoms with E-state index in [9.17, 15) is 0 Å². The van der Waals surface area contributed by atoms with Gasteiger partial charge in [0.1, 0.15) is 5.75 Å². The molecule has 25 heavy (non-hydrogen) atoms. The van der Waals surface area contributed by atoms with Gasteiger partial charge in [-0.05, 0) is 37.3 Å². The maximum Gasteiger partial charge on any atom is 0.159 e. The van der Waals surface area contributed by atoms with Crippen molar-refractivity contribution in [1.82, 2.24) is 24.6 Å². The molecule has 4 aromatic heterocycles. The molecule has 0 spiro atoms. The van der Waals surface area contributed by atoms with Crippen molar-refractivity contribution < 1.29 is 4.74 Å². The molecule has 0 atom stereocenters. The van der Waals surface area contributed by atoms with Crippen LogP contribution in [0.25, 0.3) is 16.9 Å². The molecule has 0 saturated heterocycles. The molecule has 0 unspecified atom stereocenters. The summed E-state index contributed by atoms with van der Waals surface area (Å²) in [7, 11) is 0. The highest BCUT2D eigenvalue weighted by molar-refractivity contribution is 5.63. The number of ether oxygens (including phenoxy) is 1. The lowest BCUT2D eigenvalue weighted by molar-refractivity contribution is 0.338. The number of rotatable bonds is 5. The van der Waals surface area contributed by atoms with Gasteiger partial charge in [0.05, 0.1) is 24.7 Å². The number of aromatic nitrogens is 5. The molecule has 0 aromatic carbocycles. The molecule has 6 heteroatoms. The smallest absolute Gasteiger partial charge is 0.159 e. The van der Waals surface area contributed by atoms with Crippen molar-refractivity contribution in [2.75, 3.05) is 6.61 Å². The summed E-state index contributed by atoms with van der Waals surface area (Å²) in [5.41, 5.74) is 4.78. The fraction of sp³-hybridized carbons (Fsp3) is 0.158. The Morgan fingerprint density at radius 1 is 1.00 bits per heavy atom. The van der Waals surface area contributed by atoms with Crippen molar-refractivity contribution >= 4 is 5.65 Å². The lowest BCUT2D eigenvalue weighted by Crippen LogP contribution is -1.98. The number of nitrogens with zero attached hydrogens (tertiary/aromatic N) is 5. The lowest BCUT2D eigenvalue weighted by Gasteiger charge is -2.05. The Kier molecular flexibility index (Phi) is 4.08. The van der Waals surface area contributed by atoms with Crippen LogP contribution in [0.15, 0.2) is 61.3 Å². The monoisotopic (exact) mass is 331 g/mol. The Hall–Kier alpha value is -3.28. The second kappa shape index (κ2) is 6.68. The van der Waals surface area contributed by atoms with E-state index in [2.05, 4.69) is 20.1 Å². The molecule has 124 valence electrons. The molecule has 0 N–H and O–H groups in total. The molecule has 4 aromatic rings. The quantitative estimate of drug-likeness (QED) is 0.562. The first-order chi connectivity index (χ1) is 12.3. The van der Waals surface area contributed by atoms with Gasteiger partial charge in [0, 0.05) is 41.8 Å². The number of fused-ring (bicyclic) bond motifs is 1. The van der Waals surface area contributed by atoms with Crippen molar-refractivity contribution in [2.24, 2.45) is 0 Å². The third-order valence-electron chi connectivity index (χ3n) is 3.91. The van der Waals surface area contributed by atoms with Crippen molar-refractivity contribution in [3.05, 3.63) is 72.6 Å². The van der Waals surface area contributed by atoms with Crippen LogP contribution in [0.5, 0.6) is 5.75 Å². The van der Waals surface area contributed by atoms with Crippen molar-refractivity contribution in [1.29, 1.82) is 0 Å². The summed E-state index contributed by atoms with van der Waals surface area (Å²) < 4.78 is 7.28. The van der Waals surface area contributed by atoms with Crippen LogP contribution in [-0.4, -0.2) is 31.2 Å². The highest BCUT2D eigenvalue weighted by Gasteiger charge is 2.11. The van der Waals surface area contributed by atoms with Gasteiger partial charge in [-0.3, -0.25) is 9.97 Å². The SMILES string of the molecule is CCOc1ccc(Cc2cnn3c(-c4cccnc4)ccnc23)nc1. The third-order valence-corrected chi connectivity index (χ3v) is 3.91. The normalized spacial score (nSPS) is 10.9. The van der Waals surface area contributed by atoms with Crippen LogP contribution in [0.4, 0.5) is 0 Å². The lowest BCUT2D eigenvalue weighted by atomic mass is 10.1. The van der Waals surface area contributed by atoms with Gasteiger partial charge in [0.2, 0.25) is 0 Å². The Balaban J connectivity index is 1.67. The number of hydrogen-bond donors (Lipinski definition) is 0. The van der Waals surface area contributed by atoms with Gasteiger partial charge >= 0.3 is 0 Å². The maximum atomic E-state index is 5.43. The third kappa shape index (κ3) is 3.06. The van der Waals surface area contributed by atoms with Crippen LogP contribution < -0.4 is 4.74 Å². The first-order valence-corrected chi connectivity index (χ1v) is 8.15. The fourth-order valence-corrected chi connectivity index (χ4v) is 2.76. The molecule has 6 nitrogen and oxygen atoms in total. The summed E-state index contributed by atoms with van der Waals surface area (Å²) in [4.78, 5) is 13.1. The molecule has 0 aliphatic heterocycles. The summed E-state index contributed by atoms with van der Waals surface area (Å²) in [6.07, 6.45) is 9.64. The van der Waals surface area contributed by atoms with E-state index in [1.54, 1.807) is 18.6 Å². The zero-order valence-electron chi connectivity index (χ0n) is 13.8. The molecule has 0 radical (unpaired) electrons. The molecule has 0 saturated carbocycles. The van der Waals surface area contributed by atoms with E-state index in [1.807, 2.05) is 54.2 Å². The van der Waals surface area contributed by atoms with E-state index < -0.39 is 0 Å². The molecule has 0 aliphatic carbocycles. The minimum atomic E-state index is 0.635. The Bertz CT molecular complexity index is 980. The van der Waals surface area contributed by atoms with E-state index >= 15 is 0 Å². The average Bonchev–Trinajstić information content (AvgIpc) is 3.07. The van der Waals surface area contributed by atoms with E-state index in [0.29, 0.717) is 13.0 Å². The maximum absolute atomic E-state index is 5.43. The predicted octanol–water partition coefficient (Wildman–Crippen LogP) is 3.18. The highest BCUT2D eigenvalue weighted by atomic mass is 16.5. The van der Waals surface area contributed by atoms with Gasteiger partial charge in [-0.15, -0.1) is 0 Å². The molecule has 0 aliphatic rings. The largest absolute Gasteiger partial charge is 0.492 e. The fourth-order valence-electron chi connectivity index (χ4n) is 2.76. The summed E-state index contributed by atoms with van der Waals surface area (Å²) in [5.74, 6) is 0.781. The molecule has 0 fully saturated rings. The summed E-state index contributed by atoms with van der Waals surface area (Å²) in [6, 6.07) is 9.77. The first kappa shape index (κ1) is 15.3. The van der Waals surface area contributed by atoms with Gasteiger partial charge in [-0.2, -0.15) is 5.10 Å². The van der Waals surface area contributed by atoms with Gasteiger partial charge in [0.25, 0.3) is 0 Å². The van der Waals surface area contributed by atoms with Gasteiger partial charge < -0.3 is 4.74 Å². The number of hydrogen-bond acceptors (Lipinski definition) is 5. The van der Waals surface area contributed by atoms with Gasteiger partial charge in [-0.25, -0.2) is 9.50 Å². The van der Waals surface area contributed by atoms with Crippen LogP contribution in [0.3, 0.4) is 0 Å². The highest BCUT2D eigenvalue weighted by Crippen LogP contribution is 2.21. The average molecular weight is 331 g/mol. The van der Waals surface area contributed by atoms with E-state index in [1.165, 1.54) is 0 Å². The van der Waals surface area contributed by atoms with Crippen LogP contribution in [0.2, 0.25) is 0 Å². The summed E-state index contributed by atoms with van der Waals surface area (Å²) in [6.45, 7) is 2.59. The zero-order valence-corrected chi connectivity index (χ0v) is 13.8. The van der Waals surface area contributed by atoms with Crippen LogP contribution in [-0.2, 0) is 6.42 Å². The number of pyridine rings is 2. The molecule has 4 heterocycles.